The fourth-order valence-electron chi connectivity index (χ4n) is 1.64. The lowest BCUT2D eigenvalue weighted by Gasteiger charge is -2.03. The molecule has 0 amide bonds. The van der Waals surface area contributed by atoms with Crippen LogP contribution in [0.4, 0.5) is 0 Å². The second-order valence-corrected chi connectivity index (χ2v) is 4.90. The lowest BCUT2D eigenvalue weighted by Crippen LogP contribution is -2.07. The number of rotatable bonds is 6. The first-order valence-electron chi connectivity index (χ1n) is 5.91. The van der Waals surface area contributed by atoms with Crippen molar-refractivity contribution >= 4 is 17.7 Å². The van der Waals surface area contributed by atoms with Crippen molar-refractivity contribution in [1.82, 2.24) is 0 Å². The maximum absolute atomic E-state index is 11.1. The average molecular weight is 268 g/mol. The maximum atomic E-state index is 11.1. The molecule has 1 aromatic carbocycles. The number of thioether (sulfide) groups is 1. The van der Waals surface area contributed by atoms with E-state index in [1.807, 2.05) is 25.1 Å². The summed E-state index contributed by atoms with van der Waals surface area (Å²) in [6.45, 7) is 2.56. The molecular formula is C13H16O4S. The van der Waals surface area contributed by atoms with Gasteiger partial charge in [-0.2, -0.15) is 0 Å². The summed E-state index contributed by atoms with van der Waals surface area (Å²) in [5.74, 6) is 2.77. The summed E-state index contributed by atoms with van der Waals surface area (Å²) in [5, 5.41) is 0. The van der Waals surface area contributed by atoms with E-state index in [1.165, 1.54) is 5.56 Å². The van der Waals surface area contributed by atoms with E-state index in [9.17, 15) is 4.79 Å². The molecule has 2 rings (SSSR count). The Bertz CT molecular complexity index is 419. The van der Waals surface area contributed by atoms with E-state index in [4.69, 9.17) is 14.2 Å². The monoisotopic (exact) mass is 268 g/mol. The Morgan fingerprint density at radius 1 is 1.39 bits per heavy atom. The van der Waals surface area contributed by atoms with Gasteiger partial charge < -0.3 is 14.2 Å². The zero-order valence-corrected chi connectivity index (χ0v) is 11.1. The molecule has 98 valence electrons. The highest BCUT2D eigenvalue weighted by atomic mass is 32.2. The first-order valence-corrected chi connectivity index (χ1v) is 7.07. The molecule has 0 N–H and O–H groups in total. The van der Waals surface area contributed by atoms with Gasteiger partial charge in [0.1, 0.15) is 0 Å². The molecule has 0 saturated carbocycles. The molecule has 0 aromatic heterocycles. The van der Waals surface area contributed by atoms with Gasteiger partial charge in [0.05, 0.1) is 12.4 Å². The molecule has 0 spiro atoms. The van der Waals surface area contributed by atoms with Crippen LogP contribution < -0.4 is 9.47 Å². The third-order valence-corrected chi connectivity index (χ3v) is 3.43. The van der Waals surface area contributed by atoms with E-state index in [0.717, 1.165) is 23.7 Å². The average Bonchev–Trinajstić information content (AvgIpc) is 2.82. The number of benzene rings is 1. The van der Waals surface area contributed by atoms with Crippen LogP contribution >= 0.6 is 11.8 Å². The minimum atomic E-state index is -0.145. The molecule has 4 nitrogen and oxygen atoms in total. The van der Waals surface area contributed by atoms with Crippen LogP contribution in [0, 0.1) is 0 Å². The van der Waals surface area contributed by atoms with Gasteiger partial charge in [-0.25, -0.2) is 0 Å². The Morgan fingerprint density at radius 3 is 3.06 bits per heavy atom. The molecule has 0 radical (unpaired) electrons. The molecule has 18 heavy (non-hydrogen) atoms. The normalized spacial score (nSPS) is 12.5. The fraction of sp³-hybridized carbons (Fsp3) is 0.462. The third-order valence-electron chi connectivity index (χ3n) is 2.50. The Balaban J connectivity index is 1.72. The van der Waals surface area contributed by atoms with Gasteiger partial charge in [-0.15, -0.1) is 11.8 Å². The summed E-state index contributed by atoms with van der Waals surface area (Å²) < 4.78 is 15.4. The van der Waals surface area contributed by atoms with E-state index in [2.05, 4.69) is 0 Å². The van der Waals surface area contributed by atoms with Crippen molar-refractivity contribution in [2.75, 3.05) is 24.9 Å². The largest absolute Gasteiger partial charge is 0.465 e. The number of carbonyl (C=O) groups is 1. The highest BCUT2D eigenvalue weighted by Crippen LogP contribution is 2.32. The highest BCUT2D eigenvalue weighted by Gasteiger charge is 2.12. The number of hydrogen-bond acceptors (Lipinski definition) is 5. The van der Waals surface area contributed by atoms with E-state index in [1.54, 1.807) is 11.8 Å². The van der Waals surface area contributed by atoms with Crippen LogP contribution in [0.25, 0.3) is 0 Å². The Kier molecular flexibility index (Phi) is 4.75. The number of ether oxygens (including phenoxy) is 3. The molecule has 1 heterocycles. The van der Waals surface area contributed by atoms with Crippen LogP contribution in [-0.4, -0.2) is 30.9 Å². The molecule has 0 aliphatic carbocycles. The quantitative estimate of drug-likeness (QED) is 0.585. The molecule has 5 heteroatoms. The van der Waals surface area contributed by atoms with Crippen LogP contribution in [0.5, 0.6) is 11.5 Å². The summed E-state index contributed by atoms with van der Waals surface area (Å²) in [6.07, 6.45) is 0.903. The van der Waals surface area contributed by atoms with Gasteiger partial charge in [0, 0.05) is 0 Å². The van der Waals surface area contributed by atoms with Gasteiger partial charge in [0.2, 0.25) is 6.79 Å². The highest BCUT2D eigenvalue weighted by molar-refractivity contribution is 7.99. The Labute approximate surface area is 111 Å². The number of aryl methyl sites for hydroxylation is 1. The molecule has 0 saturated heterocycles. The minimum absolute atomic E-state index is 0.145. The van der Waals surface area contributed by atoms with Gasteiger partial charge in [0.15, 0.2) is 11.5 Å². The summed E-state index contributed by atoms with van der Waals surface area (Å²) in [4.78, 5) is 11.1. The number of fused-ring (bicyclic) bond motifs is 1. The Morgan fingerprint density at radius 2 is 2.22 bits per heavy atom. The zero-order valence-electron chi connectivity index (χ0n) is 10.3. The maximum Gasteiger partial charge on any atom is 0.315 e. The summed E-state index contributed by atoms with van der Waals surface area (Å²) in [7, 11) is 0. The minimum Gasteiger partial charge on any atom is -0.465 e. The standard InChI is InChI=1S/C13H16O4S/c1-2-15-13(14)8-18-6-5-10-3-4-11-12(7-10)17-9-16-11/h3-4,7H,2,5-6,8-9H2,1H3. The van der Waals surface area contributed by atoms with Gasteiger partial charge in [-0.05, 0) is 36.8 Å². The first kappa shape index (κ1) is 13.1. The van der Waals surface area contributed by atoms with Crippen molar-refractivity contribution in [3.05, 3.63) is 23.8 Å². The van der Waals surface area contributed by atoms with Gasteiger partial charge in [-0.3, -0.25) is 4.79 Å². The van der Waals surface area contributed by atoms with Crippen molar-refractivity contribution in [2.24, 2.45) is 0 Å². The summed E-state index contributed by atoms with van der Waals surface area (Å²) in [5.41, 5.74) is 1.19. The van der Waals surface area contributed by atoms with Crippen molar-refractivity contribution in [3.63, 3.8) is 0 Å². The van der Waals surface area contributed by atoms with Crippen molar-refractivity contribution in [1.29, 1.82) is 0 Å². The lowest BCUT2D eigenvalue weighted by molar-refractivity contribution is -0.139. The zero-order chi connectivity index (χ0) is 12.8. The molecule has 0 fully saturated rings. The van der Waals surface area contributed by atoms with Crippen LogP contribution in [0.2, 0.25) is 0 Å². The van der Waals surface area contributed by atoms with Gasteiger partial charge >= 0.3 is 5.97 Å². The van der Waals surface area contributed by atoms with E-state index >= 15 is 0 Å². The van der Waals surface area contributed by atoms with Gasteiger partial charge in [0.25, 0.3) is 0 Å². The van der Waals surface area contributed by atoms with Crippen LogP contribution in [0.1, 0.15) is 12.5 Å². The second-order valence-electron chi connectivity index (χ2n) is 3.80. The second kappa shape index (κ2) is 6.54. The smallest absolute Gasteiger partial charge is 0.315 e. The SMILES string of the molecule is CCOC(=O)CSCCc1ccc2c(c1)OCO2. The molecule has 0 atom stereocenters. The molecule has 1 aliphatic heterocycles. The van der Waals surface area contributed by atoms with E-state index in [0.29, 0.717) is 19.2 Å². The predicted octanol–water partition coefficient (Wildman–Crippen LogP) is 2.25. The molecule has 0 unspecified atom stereocenters. The van der Waals surface area contributed by atoms with Gasteiger partial charge in [-0.1, -0.05) is 6.07 Å². The predicted molar refractivity (Wildman–Crippen MR) is 70.2 cm³/mol. The molecular weight excluding hydrogens is 252 g/mol. The number of carbonyl (C=O) groups excluding carboxylic acids is 1. The summed E-state index contributed by atoms with van der Waals surface area (Å²) in [6, 6.07) is 5.94. The van der Waals surface area contributed by atoms with Crippen molar-refractivity contribution in [3.8, 4) is 11.5 Å². The van der Waals surface area contributed by atoms with Crippen molar-refractivity contribution < 1.29 is 19.0 Å². The van der Waals surface area contributed by atoms with Crippen LogP contribution in [0.15, 0.2) is 18.2 Å². The van der Waals surface area contributed by atoms with E-state index < -0.39 is 0 Å². The molecule has 0 bridgehead atoms. The topological polar surface area (TPSA) is 44.8 Å². The molecule has 1 aliphatic rings. The fourth-order valence-corrected chi connectivity index (χ4v) is 2.42. The first-order chi connectivity index (χ1) is 8.79. The van der Waals surface area contributed by atoms with Crippen LogP contribution in [-0.2, 0) is 16.0 Å². The number of hydrogen-bond donors (Lipinski definition) is 0. The van der Waals surface area contributed by atoms with Crippen LogP contribution in [0.3, 0.4) is 0 Å². The lowest BCUT2D eigenvalue weighted by atomic mass is 10.1. The summed E-state index contributed by atoms with van der Waals surface area (Å²) >= 11 is 1.58. The molecule has 1 aromatic rings. The van der Waals surface area contributed by atoms with Crippen molar-refractivity contribution in [2.45, 2.75) is 13.3 Å². The number of esters is 1. The third kappa shape index (κ3) is 3.57. The van der Waals surface area contributed by atoms with E-state index in [-0.39, 0.29) is 5.97 Å². The Hall–Kier alpha value is -1.36.